The molecule has 1 nitrogen and oxygen atoms in total. The Morgan fingerprint density at radius 2 is 1.67 bits per heavy atom. The highest BCUT2D eigenvalue weighted by atomic mass is 14.8. The molecule has 2 N–H and O–H groups in total. The molecule has 0 bridgehead atoms. The molecule has 1 aliphatic carbocycles. The molecule has 2 rings (SSSR count). The summed E-state index contributed by atoms with van der Waals surface area (Å²) in [5, 5.41) is 0. The summed E-state index contributed by atoms with van der Waals surface area (Å²) in [6, 6.07) is 9.00. The highest BCUT2D eigenvalue weighted by molar-refractivity contribution is 5.24. The lowest BCUT2D eigenvalue weighted by Crippen LogP contribution is -2.48. The van der Waals surface area contributed by atoms with E-state index in [1.165, 1.54) is 30.4 Å². The Morgan fingerprint density at radius 1 is 1.06 bits per heavy atom. The first kappa shape index (κ1) is 13.6. The summed E-state index contributed by atoms with van der Waals surface area (Å²) in [5.41, 5.74) is 9.87. The van der Waals surface area contributed by atoms with E-state index >= 15 is 0 Å². The van der Waals surface area contributed by atoms with Gasteiger partial charge in [0.2, 0.25) is 0 Å². The van der Waals surface area contributed by atoms with E-state index in [4.69, 9.17) is 5.73 Å². The topological polar surface area (TPSA) is 26.0 Å². The van der Waals surface area contributed by atoms with Crippen molar-refractivity contribution in [1.82, 2.24) is 0 Å². The molecule has 1 unspecified atom stereocenters. The smallest absolute Gasteiger partial charge is 0.0200 e. The fourth-order valence-corrected chi connectivity index (χ4v) is 3.50. The van der Waals surface area contributed by atoms with Crippen LogP contribution in [0.2, 0.25) is 0 Å². The van der Waals surface area contributed by atoms with Gasteiger partial charge in [-0.1, -0.05) is 51.5 Å². The Hall–Kier alpha value is -0.820. The molecule has 1 heteroatoms. The Kier molecular flexibility index (Phi) is 3.82. The fraction of sp³-hybridized carbons (Fsp3) is 0.647. The van der Waals surface area contributed by atoms with Crippen LogP contribution >= 0.6 is 0 Å². The van der Waals surface area contributed by atoms with Gasteiger partial charge in [-0.15, -0.1) is 0 Å². The minimum absolute atomic E-state index is 0.00941. The summed E-state index contributed by atoms with van der Waals surface area (Å²) in [6.07, 6.45) is 7.06. The van der Waals surface area contributed by atoms with E-state index in [1.807, 2.05) is 0 Å². The standard InChI is InChI=1S/C17H27N/c1-4-14-6-8-15(9-7-14)12-17(18)11-5-10-16(2,3)13-17/h6-9H,4-5,10-13,18H2,1-3H3. The number of benzene rings is 1. The second-order valence-electron chi connectivity index (χ2n) is 6.90. The Labute approximate surface area is 112 Å². The molecule has 0 radical (unpaired) electrons. The average Bonchev–Trinajstić information content (AvgIpc) is 2.27. The normalized spacial score (nSPS) is 27.1. The van der Waals surface area contributed by atoms with Gasteiger partial charge >= 0.3 is 0 Å². The van der Waals surface area contributed by atoms with Gasteiger partial charge in [-0.2, -0.15) is 0 Å². The number of nitrogens with two attached hydrogens (primary N) is 1. The second-order valence-corrected chi connectivity index (χ2v) is 6.90. The average molecular weight is 245 g/mol. The van der Waals surface area contributed by atoms with Crippen LogP contribution in [0.5, 0.6) is 0 Å². The van der Waals surface area contributed by atoms with Crippen molar-refractivity contribution in [2.75, 3.05) is 0 Å². The van der Waals surface area contributed by atoms with Gasteiger partial charge in [-0.3, -0.25) is 0 Å². The van der Waals surface area contributed by atoms with E-state index in [0.29, 0.717) is 5.41 Å². The number of aryl methyl sites for hydroxylation is 1. The van der Waals surface area contributed by atoms with Crippen LogP contribution in [-0.4, -0.2) is 5.54 Å². The lowest BCUT2D eigenvalue weighted by atomic mass is 9.66. The van der Waals surface area contributed by atoms with Crippen LogP contribution in [0.25, 0.3) is 0 Å². The maximum atomic E-state index is 6.64. The number of rotatable bonds is 3. The molecule has 18 heavy (non-hydrogen) atoms. The van der Waals surface area contributed by atoms with Crippen molar-refractivity contribution in [3.63, 3.8) is 0 Å². The van der Waals surface area contributed by atoms with E-state index in [-0.39, 0.29) is 5.54 Å². The Balaban J connectivity index is 2.07. The van der Waals surface area contributed by atoms with Gasteiger partial charge in [0, 0.05) is 5.54 Å². The highest BCUT2D eigenvalue weighted by Crippen LogP contribution is 2.41. The number of hydrogen-bond acceptors (Lipinski definition) is 1. The van der Waals surface area contributed by atoms with Crippen LogP contribution in [0.1, 0.15) is 57.6 Å². The highest BCUT2D eigenvalue weighted by Gasteiger charge is 2.36. The summed E-state index contributed by atoms with van der Waals surface area (Å²) >= 11 is 0. The van der Waals surface area contributed by atoms with Gasteiger partial charge in [-0.05, 0) is 48.6 Å². The van der Waals surface area contributed by atoms with Crippen molar-refractivity contribution in [1.29, 1.82) is 0 Å². The van der Waals surface area contributed by atoms with E-state index in [0.717, 1.165) is 19.3 Å². The van der Waals surface area contributed by atoms with Gasteiger partial charge in [0.15, 0.2) is 0 Å². The zero-order chi connectivity index (χ0) is 13.2. The first-order valence-corrected chi connectivity index (χ1v) is 7.29. The molecule has 100 valence electrons. The van der Waals surface area contributed by atoms with Crippen molar-refractivity contribution < 1.29 is 0 Å². The van der Waals surface area contributed by atoms with Gasteiger partial charge in [0.25, 0.3) is 0 Å². The van der Waals surface area contributed by atoms with Crippen molar-refractivity contribution in [3.05, 3.63) is 35.4 Å². The number of hydrogen-bond donors (Lipinski definition) is 1. The van der Waals surface area contributed by atoms with Gasteiger partial charge < -0.3 is 5.73 Å². The van der Waals surface area contributed by atoms with Crippen LogP contribution in [0.4, 0.5) is 0 Å². The first-order valence-electron chi connectivity index (χ1n) is 7.29. The third-order valence-electron chi connectivity index (χ3n) is 4.35. The van der Waals surface area contributed by atoms with Gasteiger partial charge in [-0.25, -0.2) is 0 Å². The molecule has 1 atom stereocenters. The van der Waals surface area contributed by atoms with Crippen molar-refractivity contribution in [2.24, 2.45) is 11.1 Å². The lowest BCUT2D eigenvalue weighted by molar-refractivity contribution is 0.151. The molecular formula is C17H27N. The van der Waals surface area contributed by atoms with Crippen LogP contribution < -0.4 is 5.73 Å². The molecule has 1 fully saturated rings. The first-order chi connectivity index (χ1) is 8.42. The maximum Gasteiger partial charge on any atom is 0.0200 e. The second kappa shape index (κ2) is 5.05. The van der Waals surface area contributed by atoms with Crippen LogP contribution in [-0.2, 0) is 12.8 Å². The molecule has 0 aromatic heterocycles. The zero-order valence-corrected chi connectivity index (χ0v) is 12.1. The molecule has 0 aliphatic heterocycles. The van der Waals surface area contributed by atoms with E-state index < -0.39 is 0 Å². The molecule has 1 aliphatic rings. The fourth-order valence-electron chi connectivity index (χ4n) is 3.50. The third kappa shape index (κ3) is 3.35. The predicted octanol–water partition coefficient (Wildman–Crippen LogP) is 4.09. The Bertz CT molecular complexity index is 391. The summed E-state index contributed by atoms with van der Waals surface area (Å²) in [7, 11) is 0. The molecule has 0 saturated heterocycles. The molecule has 1 saturated carbocycles. The monoisotopic (exact) mass is 245 g/mol. The van der Waals surface area contributed by atoms with Gasteiger partial charge in [0.05, 0.1) is 0 Å². The lowest BCUT2D eigenvalue weighted by Gasteiger charge is -2.42. The molecule has 1 aromatic rings. The summed E-state index contributed by atoms with van der Waals surface area (Å²) < 4.78 is 0. The minimum Gasteiger partial charge on any atom is -0.325 e. The largest absolute Gasteiger partial charge is 0.325 e. The van der Waals surface area contributed by atoms with E-state index in [9.17, 15) is 0 Å². The maximum absolute atomic E-state index is 6.64. The van der Waals surface area contributed by atoms with Crippen LogP contribution in [0.3, 0.4) is 0 Å². The SMILES string of the molecule is CCc1ccc(CC2(N)CCCC(C)(C)C2)cc1. The van der Waals surface area contributed by atoms with Crippen LogP contribution in [0.15, 0.2) is 24.3 Å². The van der Waals surface area contributed by atoms with E-state index in [2.05, 4.69) is 45.0 Å². The van der Waals surface area contributed by atoms with Crippen molar-refractivity contribution in [3.8, 4) is 0 Å². The molecule has 0 spiro atoms. The quantitative estimate of drug-likeness (QED) is 0.853. The van der Waals surface area contributed by atoms with Gasteiger partial charge in [0.1, 0.15) is 0 Å². The molecular weight excluding hydrogens is 218 g/mol. The summed E-state index contributed by atoms with van der Waals surface area (Å²) in [6.45, 7) is 6.91. The molecule has 1 aromatic carbocycles. The molecule has 0 amide bonds. The summed E-state index contributed by atoms with van der Waals surface area (Å²) in [5.74, 6) is 0. The zero-order valence-electron chi connectivity index (χ0n) is 12.1. The van der Waals surface area contributed by atoms with Crippen LogP contribution in [0, 0.1) is 5.41 Å². The third-order valence-corrected chi connectivity index (χ3v) is 4.35. The van der Waals surface area contributed by atoms with Crippen molar-refractivity contribution in [2.45, 2.75) is 64.8 Å². The Morgan fingerprint density at radius 3 is 2.22 bits per heavy atom. The summed E-state index contributed by atoms with van der Waals surface area (Å²) in [4.78, 5) is 0. The predicted molar refractivity (Wildman–Crippen MR) is 78.7 cm³/mol. The van der Waals surface area contributed by atoms with E-state index in [1.54, 1.807) is 0 Å². The van der Waals surface area contributed by atoms with Crippen molar-refractivity contribution >= 4 is 0 Å². The minimum atomic E-state index is 0.00941. The molecule has 0 heterocycles.